The van der Waals surface area contributed by atoms with Gasteiger partial charge in [-0.05, 0) is 6.07 Å². The van der Waals surface area contributed by atoms with E-state index in [0.717, 1.165) is 5.46 Å². The predicted molar refractivity (Wildman–Crippen MR) is 57.0 cm³/mol. The third-order valence-electron chi connectivity index (χ3n) is 1.36. The fraction of sp³-hybridized carbons (Fsp3) is 0. The number of hydrogen-bond donors (Lipinski definition) is 0. The van der Waals surface area contributed by atoms with E-state index < -0.39 is 5.97 Å². The van der Waals surface area contributed by atoms with Crippen LogP contribution in [0.2, 0.25) is 0 Å². The second kappa shape index (κ2) is 4.54. The van der Waals surface area contributed by atoms with Crippen molar-refractivity contribution in [1.82, 2.24) is 0 Å². The molecule has 0 aliphatic rings. The monoisotopic (exact) mass is 269 g/mol. The van der Waals surface area contributed by atoms with Crippen LogP contribution in [0, 0.1) is 0 Å². The van der Waals surface area contributed by atoms with Gasteiger partial charge in [0.05, 0.1) is 5.56 Å². The molecule has 1 aromatic carbocycles. The van der Waals surface area contributed by atoms with Crippen molar-refractivity contribution < 1.29 is 9.45 Å². The Bertz CT molecular complexity index is 290. The first-order valence-electron chi connectivity index (χ1n) is 3.22. The summed E-state index contributed by atoms with van der Waals surface area (Å²) in [5, 5.41) is 1.87. The van der Waals surface area contributed by atoms with Crippen molar-refractivity contribution >= 4 is 47.0 Å². The lowest BCUT2D eigenvalue weighted by atomic mass is 9.94. The summed E-state index contributed by atoms with van der Waals surface area (Å²) in [7, 11) is 4.73. The summed E-state index contributed by atoms with van der Waals surface area (Å²) in [6, 6.07) is 7.02. The second-order valence-corrected chi connectivity index (χ2v) is 2.76. The van der Waals surface area contributed by atoms with E-state index in [0.29, 0.717) is 5.56 Å². The molecule has 0 aliphatic heterocycles. The third-order valence-corrected chi connectivity index (χ3v) is 2.07. The Morgan fingerprint density at radius 1 is 1.58 bits per heavy atom. The SMILES string of the molecule is [B]OC(=O)c1cccc([B]I)c1. The maximum atomic E-state index is 10.9. The van der Waals surface area contributed by atoms with Crippen molar-refractivity contribution in [3.63, 3.8) is 0 Å². The Kier molecular flexibility index (Phi) is 3.65. The lowest BCUT2D eigenvalue weighted by Gasteiger charge is -2.00. The van der Waals surface area contributed by atoms with E-state index in [2.05, 4.69) is 27.0 Å². The van der Waals surface area contributed by atoms with Crippen LogP contribution in [0.25, 0.3) is 0 Å². The molecule has 0 heterocycles. The highest BCUT2D eigenvalue weighted by molar-refractivity contribution is 14.1. The van der Waals surface area contributed by atoms with Crippen LogP contribution >= 0.6 is 22.4 Å². The zero-order valence-corrected chi connectivity index (χ0v) is 8.32. The molecule has 0 fully saturated rings. The number of carbonyl (C=O) groups excluding carboxylic acids is 1. The van der Waals surface area contributed by atoms with Gasteiger partial charge in [0.15, 0.2) is 0 Å². The quantitative estimate of drug-likeness (QED) is 0.580. The number of rotatable bonds is 2. The molecule has 0 N–H and O–H groups in total. The van der Waals surface area contributed by atoms with Crippen molar-refractivity contribution in [3.8, 4) is 0 Å². The lowest BCUT2D eigenvalue weighted by Crippen LogP contribution is -2.11. The van der Waals surface area contributed by atoms with E-state index in [9.17, 15) is 4.79 Å². The minimum Gasteiger partial charge on any atom is -0.540 e. The van der Waals surface area contributed by atoms with Crippen molar-refractivity contribution in [1.29, 1.82) is 0 Å². The van der Waals surface area contributed by atoms with Gasteiger partial charge in [0, 0.05) is 0 Å². The summed E-state index contributed by atoms with van der Waals surface area (Å²) in [5.41, 5.74) is 1.42. The molecule has 0 unspecified atom stereocenters. The van der Waals surface area contributed by atoms with Crippen molar-refractivity contribution in [3.05, 3.63) is 29.8 Å². The smallest absolute Gasteiger partial charge is 0.378 e. The Morgan fingerprint density at radius 2 is 2.33 bits per heavy atom. The molecular formula is C7H4B2IO2. The van der Waals surface area contributed by atoms with Crippen LogP contribution in [0.5, 0.6) is 0 Å². The zero-order chi connectivity index (χ0) is 8.97. The largest absolute Gasteiger partial charge is 0.540 e. The first kappa shape index (κ1) is 9.64. The van der Waals surface area contributed by atoms with Crippen molar-refractivity contribution in [2.24, 2.45) is 0 Å². The van der Waals surface area contributed by atoms with Gasteiger partial charge in [0.2, 0.25) is 5.14 Å². The van der Waals surface area contributed by atoms with E-state index in [1.807, 2.05) is 11.2 Å². The van der Waals surface area contributed by atoms with Gasteiger partial charge in [-0.15, -0.1) is 0 Å². The summed E-state index contributed by atoms with van der Waals surface area (Å²) in [4.78, 5) is 10.9. The molecule has 57 valence electrons. The van der Waals surface area contributed by atoms with Gasteiger partial charge in [-0.2, -0.15) is 22.4 Å². The van der Waals surface area contributed by atoms with Gasteiger partial charge in [0.25, 0.3) is 0 Å². The molecule has 0 aromatic heterocycles. The number of hydrogen-bond acceptors (Lipinski definition) is 2. The number of benzene rings is 1. The third kappa shape index (κ3) is 2.27. The molecule has 3 radical (unpaired) electrons. The van der Waals surface area contributed by atoms with Crippen molar-refractivity contribution in [2.45, 2.75) is 0 Å². The molecule has 0 amide bonds. The summed E-state index contributed by atoms with van der Waals surface area (Å²) in [6.07, 6.45) is 0. The highest BCUT2D eigenvalue weighted by Crippen LogP contribution is 1.98. The van der Waals surface area contributed by atoms with Crippen LogP contribution in [-0.4, -0.2) is 19.2 Å². The Labute approximate surface area is 86.2 Å². The van der Waals surface area contributed by atoms with Crippen LogP contribution < -0.4 is 5.46 Å². The number of carbonyl (C=O) groups is 1. The fourth-order valence-corrected chi connectivity index (χ4v) is 1.19. The maximum Gasteiger partial charge on any atom is 0.378 e. The summed E-state index contributed by atoms with van der Waals surface area (Å²) >= 11 is 2.10. The van der Waals surface area contributed by atoms with E-state index >= 15 is 0 Å². The average Bonchev–Trinajstić information content (AvgIpc) is 2.17. The van der Waals surface area contributed by atoms with E-state index in [1.54, 1.807) is 18.2 Å². The molecule has 1 aromatic rings. The molecule has 2 nitrogen and oxygen atoms in total. The van der Waals surface area contributed by atoms with Gasteiger partial charge in [-0.25, -0.2) is 4.79 Å². The lowest BCUT2D eigenvalue weighted by molar-refractivity contribution is 0.0750. The van der Waals surface area contributed by atoms with Crippen LogP contribution in [0.4, 0.5) is 0 Å². The van der Waals surface area contributed by atoms with Gasteiger partial charge in [-0.3, -0.25) is 0 Å². The molecular weight excluding hydrogens is 265 g/mol. The predicted octanol–water partition coefficient (Wildman–Crippen LogP) is 0.606. The molecule has 12 heavy (non-hydrogen) atoms. The summed E-state index contributed by atoms with van der Waals surface area (Å²) < 4.78 is 4.08. The first-order chi connectivity index (χ1) is 5.77. The van der Waals surface area contributed by atoms with Gasteiger partial charge in [0.1, 0.15) is 0 Å². The standard InChI is InChI=1S/C7H4B2IO2/c8-12-7(11)5-2-1-3-6(4-5)9-10/h1-4H. The van der Waals surface area contributed by atoms with E-state index in [-0.39, 0.29) is 0 Å². The Hall–Kier alpha value is -0.450. The maximum absolute atomic E-state index is 10.9. The molecule has 0 spiro atoms. The molecule has 0 saturated heterocycles. The Balaban J connectivity index is 2.93. The van der Waals surface area contributed by atoms with E-state index in [1.165, 1.54) is 0 Å². The molecule has 0 aliphatic carbocycles. The van der Waals surface area contributed by atoms with Gasteiger partial charge >= 0.3 is 14.0 Å². The normalized spacial score (nSPS) is 9.08. The fourth-order valence-electron chi connectivity index (χ4n) is 0.802. The van der Waals surface area contributed by atoms with Crippen molar-refractivity contribution in [2.75, 3.05) is 0 Å². The minimum absolute atomic E-state index is 0.461. The summed E-state index contributed by atoms with van der Waals surface area (Å²) in [5.74, 6) is -0.518. The highest BCUT2D eigenvalue weighted by Gasteiger charge is 2.03. The van der Waals surface area contributed by atoms with Gasteiger partial charge < -0.3 is 4.65 Å². The average molecular weight is 269 g/mol. The van der Waals surface area contributed by atoms with E-state index in [4.69, 9.17) is 8.05 Å². The van der Waals surface area contributed by atoms with Crippen LogP contribution in [0.3, 0.4) is 0 Å². The van der Waals surface area contributed by atoms with Crippen LogP contribution in [-0.2, 0) is 4.65 Å². The second-order valence-electron chi connectivity index (χ2n) is 2.14. The summed E-state index contributed by atoms with van der Waals surface area (Å²) in [6.45, 7) is 0. The first-order valence-corrected chi connectivity index (χ1v) is 4.47. The van der Waals surface area contributed by atoms with Crippen LogP contribution in [0.15, 0.2) is 24.3 Å². The van der Waals surface area contributed by atoms with Gasteiger partial charge in [-0.1, -0.05) is 23.7 Å². The zero-order valence-electron chi connectivity index (χ0n) is 6.16. The molecule has 0 bridgehead atoms. The molecule has 1 rings (SSSR count). The molecule has 0 atom stereocenters. The highest BCUT2D eigenvalue weighted by atomic mass is 127. The molecule has 0 saturated carbocycles. The molecule has 5 heteroatoms. The topological polar surface area (TPSA) is 26.3 Å². The number of halogens is 1. The van der Waals surface area contributed by atoms with Crippen LogP contribution in [0.1, 0.15) is 10.4 Å². The Morgan fingerprint density at radius 3 is 2.92 bits per heavy atom. The minimum atomic E-state index is -0.518.